The summed E-state index contributed by atoms with van der Waals surface area (Å²) in [5.41, 5.74) is 4.04. The number of para-hydroxylation sites is 4. The topological polar surface area (TPSA) is 46.1 Å². The molecule has 1 fully saturated rings. The van der Waals surface area contributed by atoms with Gasteiger partial charge in [0.25, 0.3) is 0 Å². The van der Waals surface area contributed by atoms with Gasteiger partial charge >= 0.3 is 0 Å². The predicted octanol–water partition coefficient (Wildman–Crippen LogP) is 6.32. The van der Waals surface area contributed by atoms with Crippen LogP contribution in [0, 0.1) is 5.41 Å². The van der Waals surface area contributed by atoms with Gasteiger partial charge in [-0.3, -0.25) is 9.69 Å². The van der Waals surface area contributed by atoms with Gasteiger partial charge in [0.15, 0.2) is 0 Å². The molecule has 0 saturated heterocycles. The van der Waals surface area contributed by atoms with Crippen LogP contribution in [0.25, 0.3) is 11.0 Å². The zero-order valence-corrected chi connectivity index (χ0v) is 19.2. The van der Waals surface area contributed by atoms with Crippen molar-refractivity contribution in [1.29, 1.82) is 0 Å². The first-order valence-corrected chi connectivity index (χ1v) is 11.6. The monoisotopic (exact) mass is 433 g/mol. The third-order valence-electron chi connectivity index (χ3n) is 8.54. The summed E-state index contributed by atoms with van der Waals surface area (Å²) in [6.45, 7) is 6.74. The van der Waals surface area contributed by atoms with Crippen molar-refractivity contribution in [2.45, 2.75) is 44.4 Å². The molecule has 1 amide bonds. The van der Waals surface area contributed by atoms with E-state index in [-0.39, 0.29) is 16.7 Å². The fraction of sp³-hybridized carbons (Fsp3) is 0.276. The lowest BCUT2D eigenvalue weighted by Crippen LogP contribution is -2.51. The fourth-order valence-corrected chi connectivity index (χ4v) is 6.25. The lowest BCUT2D eigenvalue weighted by atomic mass is 9.63. The third kappa shape index (κ3) is 2.44. The van der Waals surface area contributed by atoms with Crippen LogP contribution in [0.15, 0.2) is 84.9 Å². The Morgan fingerprint density at radius 3 is 1.73 bits per heavy atom. The number of aromatic nitrogens is 2. The van der Waals surface area contributed by atoms with Crippen molar-refractivity contribution >= 4 is 28.3 Å². The second-order valence-corrected chi connectivity index (χ2v) is 10.1. The van der Waals surface area contributed by atoms with Gasteiger partial charge in [-0.05, 0) is 54.7 Å². The van der Waals surface area contributed by atoms with Crippen LogP contribution in [0.5, 0.6) is 0 Å². The molecule has 4 nitrogen and oxygen atoms in total. The molecule has 6 rings (SSSR count). The molecule has 2 aliphatic carbocycles. The number of amides is 1. The molecule has 1 saturated carbocycles. The van der Waals surface area contributed by atoms with Gasteiger partial charge in [0.05, 0.1) is 27.8 Å². The normalized spacial score (nSPS) is 24.6. The number of nitrogens with zero attached hydrogens (tertiary/aromatic N) is 3. The molecule has 33 heavy (non-hydrogen) atoms. The fourth-order valence-electron chi connectivity index (χ4n) is 6.25. The van der Waals surface area contributed by atoms with Crippen molar-refractivity contribution < 1.29 is 4.79 Å². The smallest absolute Gasteiger partial charge is 0.244 e. The molecule has 3 aromatic carbocycles. The molecule has 1 aromatic heterocycles. The number of rotatable bonds is 3. The highest BCUT2D eigenvalue weighted by Gasteiger charge is 2.73. The summed E-state index contributed by atoms with van der Waals surface area (Å²) in [5, 5.41) is 0. The first-order valence-electron chi connectivity index (χ1n) is 11.6. The van der Waals surface area contributed by atoms with Crippen molar-refractivity contribution in [3.63, 3.8) is 0 Å². The van der Waals surface area contributed by atoms with Crippen LogP contribution >= 0.6 is 0 Å². The summed E-state index contributed by atoms with van der Waals surface area (Å²) in [4.78, 5) is 27.0. The van der Waals surface area contributed by atoms with Crippen molar-refractivity contribution in [2.75, 3.05) is 4.90 Å². The Kier molecular flexibility index (Phi) is 4.10. The van der Waals surface area contributed by atoms with Gasteiger partial charge in [-0.2, -0.15) is 0 Å². The summed E-state index contributed by atoms with van der Waals surface area (Å²) in [5.74, 6) is 0.0805. The van der Waals surface area contributed by atoms with Gasteiger partial charge in [0, 0.05) is 16.8 Å². The number of fused-ring (bicyclic) bond motifs is 6. The maximum absolute atomic E-state index is 14.8. The number of carbonyl (C=O) groups excluding carboxylic acids is 1. The van der Waals surface area contributed by atoms with E-state index in [4.69, 9.17) is 9.97 Å². The van der Waals surface area contributed by atoms with Gasteiger partial charge in [0.1, 0.15) is 0 Å². The first-order chi connectivity index (χ1) is 15.9. The summed E-state index contributed by atoms with van der Waals surface area (Å²) in [6.07, 6.45) is 1.69. The van der Waals surface area contributed by atoms with E-state index in [1.165, 1.54) is 0 Å². The van der Waals surface area contributed by atoms with Crippen LogP contribution in [0.3, 0.4) is 0 Å². The quantitative estimate of drug-likeness (QED) is 0.380. The standard InChI is InChI=1S/C29H27N3O/c1-27(2)28(3)18-19-29(27,25-24(28)30-22-16-10-11-17-23(22)31-25)26(33)32(20-12-6-4-7-13-20)21-14-8-5-9-15-21/h4-17H,18-19H2,1-3H3. The predicted molar refractivity (Wildman–Crippen MR) is 132 cm³/mol. The second kappa shape index (κ2) is 6.74. The third-order valence-corrected chi connectivity index (χ3v) is 8.54. The molecule has 0 aliphatic heterocycles. The minimum absolute atomic E-state index is 0.0805. The highest BCUT2D eigenvalue weighted by molar-refractivity contribution is 6.08. The Labute approximate surface area is 194 Å². The van der Waals surface area contributed by atoms with Crippen molar-refractivity contribution in [3.05, 3.63) is 96.3 Å². The first kappa shape index (κ1) is 20.1. The van der Waals surface area contributed by atoms with E-state index in [1.807, 2.05) is 89.8 Å². The van der Waals surface area contributed by atoms with E-state index in [0.717, 1.165) is 46.6 Å². The number of carbonyl (C=O) groups is 1. The second-order valence-electron chi connectivity index (χ2n) is 10.1. The Morgan fingerprint density at radius 1 is 0.697 bits per heavy atom. The molecule has 4 heteroatoms. The largest absolute Gasteiger partial charge is 0.280 e. The van der Waals surface area contributed by atoms with E-state index in [2.05, 4.69) is 20.8 Å². The van der Waals surface area contributed by atoms with E-state index < -0.39 is 5.41 Å². The highest BCUT2D eigenvalue weighted by Crippen LogP contribution is 2.70. The van der Waals surface area contributed by atoms with Crippen LogP contribution in [-0.4, -0.2) is 15.9 Å². The van der Waals surface area contributed by atoms with Crippen LogP contribution in [-0.2, 0) is 15.6 Å². The molecule has 2 unspecified atom stereocenters. The van der Waals surface area contributed by atoms with Gasteiger partial charge in [0.2, 0.25) is 5.91 Å². The summed E-state index contributed by atoms with van der Waals surface area (Å²) >= 11 is 0. The van der Waals surface area contributed by atoms with Crippen LogP contribution in [0.2, 0.25) is 0 Å². The molecule has 4 aromatic rings. The maximum Gasteiger partial charge on any atom is 0.244 e. The van der Waals surface area contributed by atoms with E-state index in [1.54, 1.807) is 0 Å². The molecular formula is C29H27N3O. The number of hydrogen-bond donors (Lipinski definition) is 0. The lowest BCUT2D eigenvalue weighted by Gasteiger charge is -2.42. The SMILES string of the molecule is CC12CCC(C(=O)N(c3ccccc3)c3ccccc3)(c3nc4ccccc4nc31)C2(C)C. The number of hydrogen-bond acceptors (Lipinski definition) is 3. The summed E-state index contributed by atoms with van der Waals surface area (Å²) in [7, 11) is 0. The molecule has 2 aliphatic rings. The van der Waals surface area contributed by atoms with Crippen LogP contribution < -0.4 is 4.90 Å². The average Bonchev–Trinajstić information content (AvgIpc) is 3.14. The van der Waals surface area contributed by atoms with Crippen LogP contribution in [0.4, 0.5) is 11.4 Å². The minimum Gasteiger partial charge on any atom is -0.280 e. The van der Waals surface area contributed by atoms with Crippen molar-refractivity contribution in [2.24, 2.45) is 5.41 Å². The highest BCUT2D eigenvalue weighted by atomic mass is 16.2. The van der Waals surface area contributed by atoms with Crippen molar-refractivity contribution in [3.8, 4) is 0 Å². The van der Waals surface area contributed by atoms with E-state index in [9.17, 15) is 4.79 Å². The Bertz CT molecular complexity index is 1340. The molecular weight excluding hydrogens is 406 g/mol. The van der Waals surface area contributed by atoms with Crippen molar-refractivity contribution in [1.82, 2.24) is 9.97 Å². The zero-order valence-electron chi connectivity index (χ0n) is 19.2. The maximum atomic E-state index is 14.8. The van der Waals surface area contributed by atoms with Gasteiger partial charge < -0.3 is 0 Å². The molecule has 0 N–H and O–H groups in total. The lowest BCUT2D eigenvalue weighted by molar-refractivity contribution is -0.126. The van der Waals surface area contributed by atoms with Gasteiger partial charge in [-0.25, -0.2) is 9.97 Å². The average molecular weight is 434 g/mol. The summed E-state index contributed by atoms with van der Waals surface area (Å²) in [6, 6.07) is 27.9. The molecule has 0 spiro atoms. The number of benzene rings is 3. The Balaban J connectivity index is 1.62. The van der Waals surface area contributed by atoms with Crippen LogP contribution in [0.1, 0.15) is 45.0 Å². The Hall–Kier alpha value is -3.53. The van der Waals surface area contributed by atoms with E-state index in [0.29, 0.717) is 0 Å². The molecule has 164 valence electrons. The molecule has 2 atom stereocenters. The molecule has 2 bridgehead atoms. The van der Waals surface area contributed by atoms with E-state index >= 15 is 0 Å². The molecule has 1 heterocycles. The zero-order chi connectivity index (χ0) is 22.8. The van der Waals surface area contributed by atoms with Gasteiger partial charge in [-0.15, -0.1) is 0 Å². The molecule has 0 radical (unpaired) electrons. The summed E-state index contributed by atoms with van der Waals surface area (Å²) < 4.78 is 0. The van der Waals surface area contributed by atoms with Gasteiger partial charge in [-0.1, -0.05) is 69.3 Å². The Morgan fingerprint density at radius 2 is 1.18 bits per heavy atom. The minimum atomic E-state index is -0.750. The number of anilines is 2.